The van der Waals surface area contributed by atoms with Crippen molar-refractivity contribution in [3.8, 4) is 16.9 Å². The average Bonchev–Trinajstić information content (AvgIpc) is 2.43. The summed E-state index contributed by atoms with van der Waals surface area (Å²) in [6, 6.07) is 1.48. The largest absolute Gasteiger partial charge is 0.491 e. The van der Waals surface area contributed by atoms with Crippen molar-refractivity contribution in [2.75, 3.05) is 7.11 Å². The van der Waals surface area contributed by atoms with Crippen molar-refractivity contribution in [1.82, 2.24) is 0 Å². The Morgan fingerprint density at radius 1 is 0.905 bits per heavy atom. The van der Waals surface area contributed by atoms with Gasteiger partial charge in [0.1, 0.15) is 25.3 Å². The van der Waals surface area contributed by atoms with Crippen LogP contribution in [0, 0.1) is 36.0 Å². The molecule has 0 atom stereocenters. The molecule has 7 heteroatoms. The number of hydrogen-bond donors (Lipinski definition) is 0. The van der Waals surface area contributed by atoms with E-state index in [4.69, 9.17) is 0 Å². The molecule has 0 fully saturated rings. The lowest BCUT2D eigenvalue weighted by Crippen LogP contribution is -2.19. The molecule has 0 bridgehead atoms. The van der Waals surface area contributed by atoms with Crippen LogP contribution in [0.15, 0.2) is 12.1 Å². The normalized spacial score (nSPS) is 10.8. The summed E-state index contributed by atoms with van der Waals surface area (Å²) in [7, 11) is 2.08. The Kier molecular flexibility index (Phi) is 3.94. The number of rotatable bonds is 2. The molecule has 0 unspecified atom stereocenters. The van der Waals surface area contributed by atoms with Crippen molar-refractivity contribution < 1.29 is 26.7 Å². The van der Waals surface area contributed by atoms with E-state index in [9.17, 15) is 22.0 Å². The van der Waals surface area contributed by atoms with Gasteiger partial charge in [0.2, 0.25) is 0 Å². The quantitative estimate of drug-likeness (QED) is 0.612. The number of aryl methyl sites for hydroxylation is 1. The molecule has 0 N–H and O–H groups in total. The standard InChI is InChI=1S/C14H10BF5O/c1-5-3-6(8(17)4-7(5)16)9-11(18)10(15)13(20)14(21-2)12(9)19/h3-4H,15H2,1-2H3. The minimum atomic E-state index is -1.37. The van der Waals surface area contributed by atoms with E-state index in [0.717, 1.165) is 21.0 Å². The van der Waals surface area contributed by atoms with Crippen LogP contribution in [0.2, 0.25) is 0 Å². The first-order valence-electron chi connectivity index (χ1n) is 5.96. The van der Waals surface area contributed by atoms with Crippen molar-refractivity contribution in [3.63, 3.8) is 0 Å². The van der Waals surface area contributed by atoms with Crippen molar-refractivity contribution in [1.29, 1.82) is 0 Å². The molecular weight excluding hydrogens is 290 g/mol. The lowest BCUT2D eigenvalue weighted by Gasteiger charge is -2.14. The molecule has 0 aliphatic carbocycles. The Balaban J connectivity index is 2.88. The van der Waals surface area contributed by atoms with Crippen LogP contribution in [0.3, 0.4) is 0 Å². The van der Waals surface area contributed by atoms with Crippen LogP contribution in [-0.2, 0) is 0 Å². The van der Waals surface area contributed by atoms with Crippen molar-refractivity contribution in [2.24, 2.45) is 0 Å². The molecule has 1 nitrogen and oxygen atoms in total. The SMILES string of the molecule is Bc1c(F)c(OC)c(F)c(-c2cc(C)c(F)cc2F)c1F. The third kappa shape index (κ3) is 2.37. The fraction of sp³-hybridized carbons (Fsp3) is 0.143. The Bertz CT molecular complexity index is 730. The summed E-state index contributed by atoms with van der Waals surface area (Å²) in [4.78, 5) is 0. The molecule has 0 saturated heterocycles. The second kappa shape index (κ2) is 5.39. The highest BCUT2D eigenvalue weighted by molar-refractivity contribution is 6.33. The van der Waals surface area contributed by atoms with Crippen LogP contribution < -0.4 is 10.2 Å². The molecule has 0 aliphatic rings. The number of halogens is 5. The molecule has 0 spiro atoms. The minimum Gasteiger partial charge on any atom is -0.491 e. The predicted octanol–water partition coefficient (Wildman–Crippen LogP) is 2.62. The molecule has 110 valence electrons. The van der Waals surface area contributed by atoms with Crippen LogP contribution in [0.1, 0.15) is 5.56 Å². The summed E-state index contributed by atoms with van der Waals surface area (Å²) in [5.74, 6) is -6.63. The first-order valence-corrected chi connectivity index (χ1v) is 5.96. The molecular formula is C14H10BF5O. The number of ether oxygens (including phenoxy) is 1. The van der Waals surface area contributed by atoms with Gasteiger partial charge < -0.3 is 4.74 Å². The summed E-state index contributed by atoms with van der Waals surface area (Å²) in [5.41, 5.74) is -1.78. The Morgan fingerprint density at radius 3 is 2.10 bits per heavy atom. The molecule has 0 saturated carbocycles. The van der Waals surface area contributed by atoms with Crippen LogP contribution in [0.25, 0.3) is 11.1 Å². The van der Waals surface area contributed by atoms with Gasteiger partial charge >= 0.3 is 0 Å². The number of benzene rings is 2. The maximum Gasteiger partial charge on any atom is 0.190 e. The molecule has 2 aromatic carbocycles. The predicted molar refractivity (Wildman–Crippen MR) is 71.1 cm³/mol. The van der Waals surface area contributed by atoms with E-state index in [1.807, 2.05) is 0 Å². The minimum absolute atomic E-state index is 0.00569. The van der Waals surface area contributed by atoms with Crippen molar-refractivity contribution >= 4 is 13.3 Å². The summed E-state index contributed by atoms with van der Waals surface area (Å²) in [6.45, 7) is 1.32. The molecule has 2 aromatic rings. The molecule has 21 heavy (non-hydrogen) atoms. The second-order valence-electron chi connectivity index (χ2n) is 4.56. The van der Waals surface area contributed by atoms with Gasteiger partial charge in [-0.3, -0.25) is 0 Å². The van der Waals surface area contributed by atoms with Crippen molar-refractivity contribution in [2.45, 2.75) is 6.92 Å². The van der Waals surface area contributed by atoms with E-state index in [1.165, 1.54) is 6.92 Å². The number of methoxy groups -OCH3 is 1. The van der Waals surface area contributed by atoms with Crippen LogP contribution in [0.5, 0.6) is 5.75 Å². The third-order valence-electron chi connectivity index (χ3n) is 3.22. The Morgan fingerprint density at radius 2 is 1.52 bits per heavy atom. The van der Waals surface area contributed by atoms with E-state index in [2.05, 4.69) is 4.74 Å². The van der Waals surface area contributed by atoms with Gasteiger partial charge in [0, 0.05) is 11.6 Å². The van der Waals surface area contributed by atoms with Crippen LogP contribution in [-0.4, -0.2) is 15.0 Å². The van der Waals surface area contributed by atoms with E-state index < -0.39 is 51.4 Å². The molecule has 0 heterocycles. The average molecular weight is 300 g/mol. The van der Waals surface area contributed by atoms with Gasteiger partial charge in [0.05, 0.1) is 12.7 Å². The highest BCUT2D eigenvalue weighted by Gasteiger charge is 2.26. The monoisotopic (exact) mass is 300 g/mol. The van der Waals surface area contributed by atoms with E-state index in [0.29, 0.717) is 6.07 Å². The fourth-order valence-corrected chi connectivity index (χ4v) is 2.02. The maximum absolute atomic E-state index is 14.2. The lowest BCUT2D eigenvalue weighted by atomic mass is 9.89. The van der Waals surface area contributed by atoms with Gasteiger partial charge in [0.15, 0.2) is 17.4 Å². The van der Waals surface area contributed by atoms with Crippen molar-refractivity contribution in [3.05, 3.63) is 46.8 Å². The van der Waals surface area contributed by atoms with Gasteiger partial charge in [-0.25, -0.2) is 22.0 Å². The molecule has 2 rings (SSSR count). The molecule has 0 radical (unpaired) electrons. The summed E-state index contributed by atoms with van der Waals surface area (Å²) < 4.78 is 73.7. The highest BCUT2D eigenvalue weighted by Crippen LogP contribution is 2.34. The van der Waals surface area contributed by atoms with Gasteiger partial charge in [0.25, 0.3) is 0 Å². The van der Waals surface area contributed by atoms with Gasteiger partial charge in [-0.1, -0.05) is 0 Å². The molecule has 0 aromatic heterocycles. The van der Waals surface area contributed by atoms with Gasteiger partial charge in [-0.15, -0.1) is 0 Å². The zero-order chi connectivity index (χ0) is 15.9. The zero-order valence-electron chi connectivity index (χ0n) is 11.5. The van der Waals surface area contributed by atoms with Crippen LogP contribution in [0.4, 0.5) is 22.0 Å². The second-order valence-corrected chi connectivity index (χ2v) is 4.56. The maximum atomic E-state index is 14.2. The summed E-state index contributed by atoms with van der Waals surface area (Å²) in [5, 5.41) is 0. The lowest BCUT2D eigenvalue weighted by molar-refractivity contribution is 0.359. The van der Waals surface area contributed by atoms with Crippen LogP contribution >= 0.6 is 0 Å². The van der Waals surface area contributed by atoms with E-state index in [1.54, 1.807) is 0 Å². The van der Waals surface area contributed by atoms with E-state index in [-0.39, 0.29) is 5.56 Å². The fourth-order valence-electron chi connectivity index (χ4n) is 2.02. The molecule has 0 amide bonds. The Hall–Kier alpha value is -2.05. The first-order chi connectivity index (χ1) is 9.79. The first kappa shape index (κ1) is 15.3. The molecule has 0 aliphatic heterocycles. The highest BCUT2D eigenvalue weighted by atomic mass is 19.2. The van der Waals surface area contributed by atoms with Gasteiger partial charge in [-0.05, 0) is 24.0 Å². The summed E-state index contributed by atoms with van der Waals surface area (Å²) >= 11 is 0. The number of hydrogen-bond acceptors (Lipinski definition) is 1. The van der Waals surface area contributed by atoms with E-state index >= 15 is 0 Å². The summed E-state index contributed by atoms with van der Waals surface area (Å²) in [6.07, 6.45) is 0. The smallest absolute Gasteiger partial charge is 0.190 e. The Labute approximate surface area is 118 Å². The zero-order valence-corrected chi connectivity index (χ0v) is 11.5. The topological polar surface area (TPSA) is 9.23 Å². The van der Waals surface area contributed by atoms with Gasteiger partial charge in [-0.2, -0.15) is 0 Å². The third-order valence-corrected chi connectivity index (χ3v) is 3.22.